The van der Waals surface area contributed by atoms with Crippen LogP contribution in [0, 0.1) is 12.7 Å². The molecule has 0 amide bonds. The monoisotopic (exact) mass is 298 g/mol. The van der Waals surface area contributed by atoms with E-state index in [1.807, 2.05) is 17.7 Å². The Hall–Kier alpha value is -1.36. The third kappa shape index (κ3) is 3.06. The Bertz CT molecular complexity index is 513. The topological polar surface area (TPSA) is 27.1 Å². The van der Waals surface area contributed by atoms with Gasteiger partial charge in [0.25, 0.3) is 0 Å². The van der Waals surface area contributed by atoms with Gasteiger partial charge in [0.15, 0.2) is 0 Å². The van der Waals surface area contributed by atoms with Crippen LogP contribution in [-0.2, 0) is 6.54 Å². The van der Waals surface area contributed by atoms with Crippen LogP contribution in [-0.4, -0.2) is 16.2 Å². The zero-order chi connectivity index (χ0) is 12.3. The van der Waals surface area contributed by atoms with Crippen LogP contribution < -0.4 is 4.74 Å². The molecule has 1 aromatic heterocycles. The molecule has 0 bridgehead atoms. The number of rotatable bonds is 4. The lowest BCUT2D eigenvalue weighted by Gasteiger charge is -2.09. The predicted octanol–water partition coefficient (Wildman–Crippen LogP) is 3.17. The number of hydrogen-bond donors (Lipinski definition) is 0. The molecule has 1 heterocycles. The van der Waals surface area contributed by atoms with Crippen LogP contribution in [0.1, 0.15) is 5.82 Å². The number of aryl methyl sites for hydroxylation is 1. The van der Waals surface area contributed by atoms with E-state index in [0.29, 0.717) is 16.8 Å². The van der Waals surface area contributed by atoms with E-state index in [9.17, 15) is 4.39 Å². The van der Waals surface area contributed by atoms with Gasteiger partial charge in [0.05, 0.1) is 11.0 Å². The van der Waals surface area contributed by atoms with Gasteiger partial charge >= 0.3 is 0 Å². The van der Waals surface area contributed by atoms with Crippen molar-refractivity contribution in [1.29, 1.82) is 0 Å². The van der Waals surface area contributed by atoms with E-state index in [1.165, 1.54) is 12.1 Å². The fourth-order valence-corrected chi connectivity index (χ4v) is 1.95. The minimum atomic E-state index is -0.283. The summed E-state index contributed by atoms with van der Waals surface area (Å²) in [4.78, 5) is 4.12. The van der Waals surface area contributed by atoms with Gasteiger partial charge in [-0.15, -0.1) is 0 Å². The summed E-state index contributed by atoms with van der Waals surface area (Å²) in [5.41, 5.74) is 0. The molecule has 0 aliphatic rings. The second kappa shape index (κ2) is 5.31. The highest BCUT2D eigenvalue weighted by atomic mass is 79.9. The summed E-state index contributed by atoms with van der Waals surface area (Å²) in [5, 5.41) is 0. The molecule has 0 N–H and O–H groups in total. The molecule has 0 aliphatic carbocycles. The molecule has 0 radical (unpaired) electrons. The Labute approximate surface area is 107 Å². The average Bonchev–Trinajstić information content (AvgIpc) is 2.68. The lowest BCUT2D eigenvalue weighted by Crippen LogP contribution is -2.09. The van der Waals surface area contributed by atoms with E-state index in [-0.39, 0.29) is 5.82 Å². The Morgan fingerprint density at radius 1 is 1.47 bits per heavy atom. The maximum Gasteiger partial charge on any atom is 0.133 e. The highest BCUT2D eigenvalue weighted by Crippen LogP contribution is 2.25. The van der Waals surface area contributed by atoms with Gasteiger partial charge < -0.3 is 9.30 Å². The zero-order valence-electron chi connectivity index (χ0n) is 9.36. The number of hydrogen-bond acceptors (Lipinski definition) is 2. The van der Waals surface area contributed by atoms with Gasteiger partial charge in [-0.3, -0.25) is 0 Å². The van der Waals surface area contributed by atoms with Crippen molar-refractivity contribution < 1.29 is 9.13 Å². The molecule has 2 rings (SSSR count). The molecule has 0 fully saturated rings. The third-order valence-electron chi connectivity index (χ3n) is 2.41. The van der Waals surface area contributed by atoms with Crippen molar-refractivity contribution in [3.63, 3.8) is 0 Å². The molecule has 0 aliphatic heterocycles. The highest BCUT2D eigenvalue weighted by molar-refractivity contribution is 9.10. The van der Waals surface area contributed by atoms with E-state index in [4.69, 9.17) is 4.74 Å². The van der Waals surface area contributed by atoms with Gasteiger partial charge in [0.2, 0.25) is 0 Å². The molecule has 5 heteroatoms. The van der Waals surface area contributed by atoms with E-state index in [0.717, 1.165) is 12.4 Å². The summed E-state index contributed by atoms with van der Waals surface area (Å²) < 4.78 is 21.0. The lowest BCUT2D eigenvalue weighted by molar-refractivity contribution is 0.295. The van der Waals surface area contributed by atoms with E-state index >= 15 is 0 Å². The van der Waals surface area contributed by atoms with Gasteiger partial charge in [-0.25, -0.2) is 9.37 Å². The Kier molecular flexibility index (Phi) is 3.78. The molecule has 90 valence electrons. The summed E-state index contributed by atoms with van der Waals surface area (Å²) in [5.74, 6) is 1.31. The SMILES string of the molecule is Cc1nccn1CCOc1ccc(F)cc1Br. The Morgan fingerprint density at radius 2 is 2.29 bits per heavy atom. The molecule has 0 spiro atoms. The fourth-order valence-electron chi connectivity index (χ4n) is 1.49. The minimum absolute atomic E-state index is 0.283. The molecule has 0 unspecified atom stereocenters. The van der Waals surface area contributed by atoms with Crippen LogP contribution in [0.2, 0.25) is 0 Å². The van der Waals surface area contributed by atoms with E-state index in [2.05, 4.69) is 20.9 Å². The van der Waals surface area contributed by atoms with Crippen LogP contribution in [0.15, 0.2) is 35.1 Å². The van der Waals surface area contributed by atoms with Crippen LogP contribution >= 0.6 is 15.9 Å². The summed E-state index contributed by atoms with van der Waals surface area (Å²) in [6, 6.07) is 4.38. The van der Waals surface area contributed by atoms with Gasteiger partial charge in [0.1, 0.15) is 24.0 Å². The predicted molar refractivity (Wildman–Crippen MR) is 66.6 cm³/mol. The quantitative estimate of drug-likeness (QED) is 0.867. The van der Waals surface area contributed by atoms with Crippen molar-refractivity contribution >= 4 is 15.9 Å². The smallest absolute Gasteiger partial charge is 0.133 e. The summed E-state index contributed by atoms with van der Waals surface area (Å²) in [7, 11) is 0. The first-order valence-corrected chi connectivity index (χ1v) is 6.01. The molecular weight excluding hydrogens is 287 g/mol. The second-order valence-corrected chi connectivity index (χ2v) is 4.45. The first-order chi connectivity index (χ1) is 8.16. The van der Waals surface area contributed by atoms with Crippen molar-refractivity contribution in [1.82, 2.24) is 9.55 Å². The number of ether oxygens (including phenoxy) is 1. The maximum absolute atomic E-state index is 12.8. The third-order valence-corrected chi connectivity index (χ3v) is 3.03. The number of halogens is 2. The summed E-state index contributed by atoms with van der Waals surface area (Å²) in [6.07, 6.45) is 3.65. The molecule has 1 aromatic carbocycles. The lowest BCUT2D eigenvalue weighted by atomic mass is 10.3. The number of benzene rings is 1. The van der Waals surface area contributed by atoms with Crippen LogP contribution in [0.3, 0.4) is 0 Å². The molecule has 0 saturated carbocycles. The standard InChI is InChI=1S/C12H12BrFN2O/c1-9-15-4-5-16(9)6-7-17-12-3-2-10(14)8-11(12)13/h2-5,8H,6-7H2,1H3. The van der Waals surface area contributed by atoms with Gasteiger partial charge in [-0.05, 0) is 41.1 Å². The molecule has 2 aromatic rings. The largest absolute Gasteiger partial charge is 0.491 e. The molecule has 0 atom stereocenters. The van der Waals surface area contributed by atoms with Crippen molar-refractivity contribution in [3.8, 4) is 5.75 Å². The second-order valence-electron chi connectivity index (χ2n) is 3.59. The van der Waals surface area contributed by atoms with Gasteiger partial charge in [-0.2, -0.15) is 0 Å². The highest BCUT2D eigenvalue weighted by Gasteiger charge is 2.03. The fraction of sp³-hybridized carbons (Fsp3) is 0.250. The summed E-state index contributed by atoms with van der Waals surface area (Å²) >= 11 is 3.26. The van der Waals surface area contributed by atoms with Crippen LogP contribution in [0.4, 0.5) is 4.39 Å². The Balaban J connectivity index is 1.92. The van der Waals surface area contributed by atoms with Crippen molar-refractivity contribution in [3.05, 3.63) is 46.7 Å². The van der Waals surface area contributed by atoms with Crippen LogP contribution in [0.5, 0.6) is 5.75 Å². The normalized spacial score (nSPS) is 10.5. The maximum atomic E-state index is 12.8. The minimum Gasteiger partial charge on any atom is -0.491 e. The molecule has 17 heavy (non-hydrogen) atoms. The van der Waals surface area contributed by atoms with E-state index in [1.54, 1.807) is 12.3 Å². The van der Waals surface area contributed by atoms with Gasteiger partial charge in [0, 0.05) is 12.4 Å². The van der Waals surface area contributed by atoms with Crippen molar-refractivity contribution in [2.45, 2.75) is 13.5 Å². The number of nitrogens with zero attached hydrogens (tertiary/aromatic N) is 2. The van der Waals surface area contributed by atoms with Crippen molar-refractivity contribution in [2.75, 3.05) is 6.61 Å². The molecule has 0 saturated heterocycles. The first-order valence-electron chi connectivity index (χ1n) is 5.22. The number of aromatic nitrogens is 2. The zero-order valence-corrected chi connectivity index (χ0v) is 10.9. The first kappa shape index (κ1) is 12.1. The summed E-state index contributed by atoms with van der Waals surface area (Å²) in [6.45, 7) is 3.17. The number of imidazole rings is 1. The Morgan fingerprint density at radius 3 is 2.94 bits per heavy atom. The van der Waals surface area contributed by atoms with Gasteiger partial charge in [-0.1, -0.05) is 0 Å². The molecular formula is C12H12BrFN2O. The van der Waals surface area contributed by atoms with Crippen LogP contribution in [0.25, 0.3) is 0 Å². The van der Waals surface area contributed by atoms with Crippen molar-refractivity contribution in [2.24, 2.45) is 0 Å². The van der Waals surface area contributed by atoms with E-state index < -0.39 is 0 Å². The molecule has 3 nitrogen and oxygen atoms in total. The average molecular weight is 299 g/mol.